The van der Waals surface area contributed by atoms with E-state index in [2.05, 4.69) is 45.7 Å². The first-order valence-corrected chi connectivity index (χ1v) is 8.06. The predicted molar refractivity (Wildman–Crippen MR) is 90.6 cm³/mol. The zero-order chi connectivity index (χ0) is 15.2. The minimum absolute atomic E-state index is 0.633. The Kier molecular flexibility index (Phi) is 4.96. The van der Waals surface area contributed by atoms with Crippen molar-refractivity contribution >= 4 is 0 Å². The van der Waals surface area contributed by atoms with Gasteiger partial charge in [0.1, 0.15) is 6.33 Å². The summed E-state index contributed by atoms with van der Waals surface area (Å²) in [5.74, 6) is 0. The van der Waals surface area contributed by atoms with Crippen LogP contribution in [0.2, 0.25) is 0 Å². The first-order valence-electron chi connectivity index (χ1n) is 8.06. The van der Waals surface area contributed by atoms with Crippen LogP contribution < -0.4 is 0 Å². The molecule has 2 aromatic rings. The van der Waals surface area contributed by atoms with Crippen molar-refractivity contribution in [2.75, 3.05) is 13.1 Å². The van der Waals surface area contributed by atoms with Crippen LogP contribution in [0.4, 0.5) is 0 Å². The zero-order valence-corrected chi connectivity index (χ0v) is 13.0. The molecular formula is C19H23N3. The Balaban J connectivity index is 1.76. The average molecular weight is 293 g/mol. The van der Waals surface area contributed by atoms with Crippen LogP contribution in [0.25, 0.3) is 11.1 Å². The van der Waals surface area contributed by atoms with Gasteiger partial charge in [-0.2, -0.15) is 0 Å². The lowest BCUT2D eigenvalue weighted by Crippen LogP contribution is -2.40. The van der Waals surface area contributed by atoms with Crippen LogP contribution in [0, 0.1) is 0 Å². The van der Waals surface area contributed by atoms with E-state index in [4.69, 9.17) is 0 Å². The molecule has 1 aliphatic rings. The van der Waals surface area contributed by atoms with Gasteiger partial charge in [0.15, 0.2) is 0 Å². The van der Waals surface area contributed by atoms with Gasteiger partial charge < -0.3 is 0 Å². The highest BCUT2D eigenvalue weighted by Crippen LogP contribution is 2.23. The van der Waals surface area contributed by atoms with Crippen LogP contribution in [-0.4, -0.2) is 34.0 Å². The Hall–Kier alpha value is -2.00. The molecule has 22 heavy (non-hydrogen) atoms. The SMILES string of the molecule is C=CCN1CCCCC1Cc1cccc(-c2cncnc2)c1. The molecule has 1 aromatic carbocycles. The second kappa shape index (κ2) is 7.32. The lowest BCUT2D eigenvalue weighted by Gasteiger charge is -2.35. The van der Waals surface area contributed by atoms with Crippen molar-refractivity contribution in [1.82, 2.24) is 14.9 Å². The lowest BCUT2D eigenvalue weighted by molar-refractivity contribution is 0.164. The van der Waals surface area contributed by atoms with E-state index in [1.165, 1.54) is 36.9 Å². The second-order valence-electron chi connectivity index (χ2n) is 5.96. The maximum atomic E-state index is 4.11. The van der Waals surface area contributed by atoms with Gasteiger partial charge in [0.2, 0.25) is 0 Å². The highest BCUT2D eigenvalue weighted by Gasteiger charge is 2.21. The van der Waals surface area contributed by atoms with Gasteiger partial charge in [0.05, 0.1) is 0 Å². The van der Waals surface area contributed by atoms with E-state index in [0.717, 1.165) is 18.5 Å². The molecule has 0 radical (unpaired) electrons. The van der Waals surface area contributed by atoms with E-state index < -0.39 is 0 Å². The molecule has 0 spiro atoms. The molecule has 0 N–H and O–H groups in total. The molecule has 1 saturated heterocycles. The maximum Gasteiger partial charge on any atom is 0.115 e. The fourth-order valence-corrected chi connectivity index (χ4v) is 3.30. The number of benzene rings is 1. The molecule has 1 unspecified atom stereocenters. The van der Waals surface area contributed by atoms with Gasteiger partial charge in [0.25, 0.3) is 0 Å². The highest BCUT2D eigenvalue weighted by atomic mass is 15.2. The van der Waals surface area contributed by atoms with Gasteiger partial charge in [-0.3, -0.25) is 4.90 Å². The van der Waals surface area contributed by atoms with Gasteiger partial charge in [-0.15, -0.1) is 6.58 Å². The molecular weight excluding hydrogens is 270 g/mol. The number of hydrogen-bond donors (Lipinski definition) is 0. The third-order valence-corrected chi connectivity index (χ3v) is 4.40. The van der Waals surface area contributed by atoms with Crippen molar-refractivity contribution in [2.45, 2.75) is 31.7 Å². The van der Waals surface area contributed by atoms with Gasteiger partial charge >= 0.3 is 0 Å². The van der Waals surface area contributed by atoms with Crippen LogP contribution in [-0.2, 0) is 6.42 Å². The monoisotopic (exact) mass is 293 g/mol. The number of likely N-dealkylation sites (tertiary alicyclic amines) is 1. The summed E-state index contributed by atoms with van der Waals surface area (Å²) in [6, 6.07) is 9.41. The van der Waals surface area contributed by atoms with Crippen molar-refractivity contribution < 1.29 is 0 Å². The summed E-state index contributed by atoms with van der Waals surface area (Å²) in [4.78, 5) is 10.8. The summed E-state index contributed by atoms with van der Waals surface area (Å²) in [7, 11) is 0. The third kappa shape index (κ3) is 3.60. The van der Waals surface area contributed by atoms with Crippen LogP contribution in [0.15, 0.2) is 55.6 Å². The van der Waals surface area contributed by atoms with Crippen molar-refractivity contribution in [3.8, 4) is 11.1 Å². The quantitative estimate of drug-likeness (QED) is 0.787. The minimum Gasteiger partial charge on any atom is -0.296 e. The maximum absolute atomic E-state index is 4.11. The van der Waals surface area contributed by atoms with Crippen molar-refractivity contribution in [3.05, 3.63) is 61.2 Å². The average Bonchev–Trinajstić information content (AvgIpc) is 2.58. The first kappa shape index (κ1) is 14.9. The van der Waals surface area contributed by atoms with E-state index >= 15 is 0 Å². The van der Waals surface area contributed by atoms with E-state index in [1.807, 2.05) is 18.5 Å². The van der Waals surface area contributed by atoms with Gasteiger partial charge in [-0.1, -0.05) is 36.8 Å². The second-order valence-corrected chi connectivity index (χ2v) is 5.96. The molecule has 1 atom stereocenters. The fraction of sp³-hybridized carbons (Fsp3) is 0.368. The van der Waals surface area contributed by atoms with Crippen molar-refractivity contribution in [1.29, 1.82) is 0 Å². The highest BCUT2D eigenvalue weighted by molar-refractivity contribution is 5.62. The topological polar surface area (TPSA) is 29.0 Å². The Morgan fingerprint density at radius 3 is 2.86 bits per heavy atom. The van der Waals surface area contributed by atoms with Gasteiger partial charge in [-0.25, -0.2) is 9.97 Å². The minimum atomic E-state index is 0.633. The summed E-state index contributed by atoms with van der Waals surface area (Å²) >= 11 is 0. The Labute approximate surface area is 132 Å². The van der Waals surface area contributed by atoms with E-state index in [-0.39, 0.29) is 0 Å². The van der Waals surface area contributed by atoms with Crippen LogP contribution >= 0.6 is 0 Å². The van der Waals surface area contributed by atoms with Crippen LogP contribution in [0.1, 0.15) is 24.8 Å². The third-order valence-electron chi connectivity index (χ3n) is 4.40. The molecule has 0 saturated carbocycles. The van der Waals surface area contributed by atoms with Gasteiger partial charge in [0, 0.05) is 30.5 Å². The molecule has 0 bridgehead atoms. The largest absolute Gasteiger partial charge is 0.296 e. The first-order chi connectivity index (χ1) is 10.9. The van der Waals surface area contributed by atoms with Crippen LogP contribution in [0.3, 0.4) is 0 Å². The van der Waals surface area contributed by atoms with Crippen molar-refractivity contribution in [2.24, 2.45) is 0 Å². The summed E-state index contributed by atoms with van der Waals surface area (Å²) in [6.07, 6.45) is 12.4. The molecule has 2 heterocycles. The summed E-state index contributed by atoms with van der Waals surface area (Å²) in [5.41, 5.74) is 3.67. The summed E-state index contributed by atoms with van der Waals surface area (Å²) in [5, 5.41) is 0. The molecule has 1 aliphatic heterocycles. The van der Waals surface area contributed by atoms with E-state index in [0.29, 0.717) is 6.04 Å². The predicted octanol–water partition coefficient (Wildman–Crippen LogP) is 3.73. The number of hydrogen-bond acceptors (Lipinski definition) is 3. The molecule has 1 aromatic heterocycles. The van der Waals surface area contributed by atoms with Crippen LogP contribution in [0.5, 0.6) is 0 Å². The standard InChI is InChI=1S/C19H23N3/c1-2-9-22-10-4-3-8-19(22)12-16-6-5-7-17(11-16)18-13-20-15-21-14-18/h2,5-7,11,13-15,19H,1,3-4,8-10,12H2. The molecule has 0 aliphatic carbocycles. The molecule has 3 nitrogen and oxygen atoms in total. The number of nitrogens with zero attached hydrogens (tertiary/aromatic N) is 3. The smallest absolute Gasteiger partial charge is 0.115 e. The number of piperidine rings is 1. The molecule has 0 amide bonds. The lowest BCUT2D eigenvalue weighted by atomic mass is 9.94. The van der Waals surface area contributed by atoms with Crippen molar-refractivity contribution in [3.63, 3.8) is 0 Å². The molecule has 1 fully saturated rings. The number of rotatable bonds is 5. The normalized spacial score (nSPS) is 19.0. The Morgan fingerprint density at radius 1 is 1.18 bits per heavy atom. The van der Waals surface area contributed by atoms with E-state index in [9.17, 15) is 0 Å². The number of aromatic nitrogens is 2. The van der Waals surface area contributed by atoms with E-state index in [1.54, 1.807) is 6.33 Å². The zero-order valence-electron chi connectivity index (χ0n) is 13.0. The summed E-state index contributed by atoms with van der Waals surface area (Å²) < 4.78 is 0. The summed E-state index contributed by atoms with van der Waals surface area (Å²) in [6.45, 7) is 6.09. The van der Waals surface area contributed by atoms with Gasteiger partial charge in [-0.05, 0) is 36.9 Å². The molecule has 3 heteroatoms. The molecule has 3 rings (SSSR count). The fourth-order valence-electron chi connectivity index (χ4n) is 3.30. The molecule has 114 valence electrons. The Morgan fingerprint density at radius 2 is 2.05 bits per heavy atom. The Bertz CT molecular complexity index is 609.